The lowest BCUT2D eigenvalue weighted by atomic mass is 9.97. The Balaban J connectivity index is 2.31. The molecule has 12 heavy (non-hydrogen) atoms. The van der Waals surface area contributed by atoms with Gasteiger partial charge in [0.2, 0.25) is 0 Å². The summed E-state index contributed by atoms with van der Waals surface area (Å²) in [4.78, 5) is 12.6. The van der Waals surface area contributed by atoms with Crippen molar-refractivity contribution in [3.05, 3.63) is 0 Å². The number of methoxy groups -OCH3 is 1. The minimum atomic E-state index is -0.271. The first-order valence-corrected chi connectivity index (χ1v) is 4.08. The van der Waals surface area contributed by atoms with Gasteiger partial charge in [0.1, 0.15) is 5.60 Å². The van der Waals surface area contributed by atoms with Crippen molar-refractivity contribution in [2.24, 2.45) is 0 Å². The third-order valence-corrected chi connectivity index (χ3v) is 1.98. The van der Waals surface area contributed by atoms with E-state index in [1.54, 1.807) is 4.90 Å². The van der Waals surface area contributed by atoms with Gasteiger partial charge in [-0.15, -0.1) is 0 Å². The summed E-state index contributed by atoms with van der Waals surface area (Å²) < 4.78 is 10.00. The van der Waals surface area contributed by atoms with E-state index in [1.807, 2.05) is 13.8 Å². The molecule has 0 aliphatic carbocycles. The maximum atomic E-state index is 10.9. The number of likely N-dealkylation sites (tertiary alicyclic amines) is 1. The topological polar surface area (TPSA) is 38.8 Å². The first kappa shape index (κ1) is 9.32. The third-order valence-electron chi connectivity index (χ3n) is 1.98. The molecule has 0 aromatic heterocycles. The van der Waals surface area contributed by atoms with Crippen LogP contribution in [-0.2, 0) is 9.47 Å². The average molecular weight is 173 g/mol. The number of amides is 1. The van der Waals surface area contributed by atoms with Crippen LogP contribution in [0, 0.1) is 0 Å². The molecule has 1 saturated heterocycles. The maximum Gasteiger partial charge on any atom is 0.409 e. The molecule has 0 unspecified atom stereocenters. The number of hydrogen-bond donors (Lipinski definition) is 0. The summed E-state index contributed by atoms with van der Waals surface area (Å²) in [6.07, 6.45) is -0.271. The van der Waals surface area contributed by atoms with Crippen LogP contribution in [-0.4, -0.2) is 43.4 Å². The Morgan fingerprint density at radius 2 is 2.17 bits per heavy atom. The predicted molar refractivity (Wildman–Crippen MR) is 44.0 cm³/mol. The largest absolute Gasteiger partial charge is 0.453 e. The molecule has 0 radical (unpaired) electrons. The van der Waals surface area contributed by atoms with Crippen molar-refractivity contribution in [1.29, 1.82) is 0 Å². The van der Waals surface area contributed by atoms with E-state index in [0.717, 1.165) is 0 Å². The molecular formula is C8H15NO3. The van der Waals surface area contributed by atoms with Gasteiger partial charge in [-0.05, 0) is 13.8 Å². The van der Waals surface area contributed by atoms with E-state index in [4.69, 9.17) is 4.74 Å². The molecule has 1 rings (SSSR count). The zero-order chi connectivity index (χ0) is 9.19. The van der Waals surface area contributed by atoms with Crippen LogP contribution < -0.4 is 0 Å². The summed E-state index contributed by atoms with van der Waals surface area (Å²) in [7, 11) is 1.39. The molecule has 0 aromatic rings. The smallest absolute Gasteiger partial charge is 0.409 e. The Labute approximate surface area is 72.4 Å². The average Bonchev–Trinajstić information content (AvgIpc) is 1.99. The Kier molecular flexibility index (Phi) is 2.57. The van der Waals surface area contributed by atoms with Gasteiger partial charge >= 0.3 is 6.09 Å². The van der Waals surface area contributed by atoms with Gasteiger partial charge in [-0.25, -0.2) is 4.79 Å². The van der Waals surface area contributed by atoms with Gasteiger partial charge in [-0.3, -0.25) is 0 Å². The maximum absolute atomic E-state index is 10.9. The second-order valence-corrected chi connectivity index (χ2v) is 3.21. The van der Waals surface area contributed by atoms with Crippen LogP contribution in [0.3, 0.4) is 0 Å². The number of carbonyl (C=O) groups excluding carboxylic acids is 1. The Hall–Kier alpha value is -0.770. The molecular weight excluding hydrogens is 158 g/mol. The normalized spacial score (nSPS) is 20.1. The first-order chi connectivity index (χ1) is 5.61. The highest BCUT2D eigenvalue weighted by atomic mass is 16.5. The monoisotopic (exact) mass is 173 g/mol. The van der Waals surface area contributed by atoms with Crippen molar-refractivity contribution >= 4 is 6.09 Å². The van der Waals surface area contributed by atoms with E-state index >= 15 is 0 Å². The van der Waals surface area contributed by atoms with E-state index in [1.165, 1.54) is 7.11 Å². The van der Waals surface area contributed by atoms with Crippen LogP contribution in [0.1, 0.15) is 13.8 Å². The fourth-order valence-corrected chi connectivity index (χ4v) is 1.46. The highest BCUT2D eigenvalue weighted by molar-refractivity contribution is 5.68. The molecule has 70 valence electrons. The molecule has 0 spiro atoms. The Morgan fingerprint density at radius 1 is 1.58 bits per heavy atom. The quantitative estimate of drug-likeness (QED) is 0.621. The Morgan fingerprint density at radius 3 is 2.58 bits per heavy atom. The second-order valence-electron chi connectivity index (χ2n) is 3.21. The molecule has 1 aliphatic rings. The van der Waals surface area contributed by atoms with Gasteiger partial charge < -0.3 is 14.4 Å². The minimum absolute atomic E-state index is 0.150. The lowest BCUT2D eigenvalue weighted by Gasteiger charge is -2.46. The predicted octanol–water partition coefficient (Wildman–Crippen LogP) is 0.864. The standard InChI is InChI=1S/C8H15NO3/c1-4-12-8(2)5-9(6-8)7(10)11-3/h4-6H2,1-3H3. The fraction of sp³-hybridized carbons (Fsp3) is 0.875. The molecule has 1 fully saturated rings. The molecule has 0 saturated carbocycles. The lowest BCUT2D eigenvalue weighted by Crippen LogP contribution is -2.63. The van der Waals surface area contributed by atoms with E-state index in [9.17, 15) is 4.79 Å². The first-order valence-electron chi connectivity index (χ1n) is 4.08. The van der Waals surface area contributed by atoms with E-state index < -0.39 is 0 Å². The SMILES string of the molecule is CCOC1(C)CN(C(=O)OC)C1. The molecule has 4 heteroatoms. The van der Waals surface area contributed by atoms with Crippen LogP contribution in [0.4, 0.5) is 4.79 Å². The van der Waals surface area contributed by atoms with Gasteiger partial charge in [0.15, 0.2) is 0 Å². The fourth-order valence-electron chi connectivity index (χ4n) is 1.46. The van der Waals surface area contributed by atoms with Crippen LogP contribution in [0.15, 0.2) is 0 Å². The molecule has 1 heterocycles. The molecule has 0 N–H and O–H groups in total. The highest BCUT2D eigenvalue weighted by Crippen LogP contribution is 2.24. The summed E-state index contributed by atoms with van der Waals surface area (Å²) >= 11 is 0. The lowest BCUT2D eigenvalue weighted by molar-refractivity contribution is -0.117. The van der Waals surface area contributed by atoms with Gasteiger partial charge in [0, 0.05) is 6.61 Å². The van der Waals surface area contributed by atoms with Crippen LogP contribution in [0.5, 0.6) is 0 Å². The van der Waals surface area contributed by atoms with E-state index in [0.29, 0.717) is 19.7 Å². The van der Waals surface area contributed by atoms with Crippen molar-refractivity contribution in [1.82, 2.24) is 4.90 Å². The second kappa shape index (κ2) is 3.31. The van der Waals surface area contributed by atoms with E-state index in [2.05, 4.69) is 4.74 Å². The molecule has 0 bridgehead atoms. The Bertz CT molecular complexity index is 175. The molecule has 4 nitrogen and oxygen atoms in total. The third kappa shape index (κ3) is 1.69. The van der Waals surface area contributed by atoms with Crippen molar-refractivity contribution in [3.8, 4) is 0 Å². The van der Waals surface area contributed by atoms with E-state index in [-0.39, 0.29) is 11.7 Å². The van der Waals surface area contributed by atoms with Crippen molar-refractivity contribution in [2.45, 2.75) is 19.4 Å². The zero-order valence-corrected chi connectivity index (χ0v) is 7.79. The summed E-state index contributed by atoms with van der Waals surface area (Å²) in [6.45, 7) is 5.90. The van der Waals surface area contributed by atoms with Crippen LogP contribution >= 0.6 is 0 Å². The van der Waals surface area contributed by atoms with Gasteiger partial charge in [-0.1, -0.05) is 0 Å². The highest BCUT2D eigenvalue weighted by Gasteiger charge is 2.42. The van der Waals surface area contributed by atoms with Crippen molar-refractivity contribution in [3.63, 3.8) is 0 Å². The van der Waals surface area contributed by atoms with Gasteiger partial charge in [0.05, 0.1) is 20.2 Å². The molecule has 1 amide bonds. The number of hydrogen-bond acceptors (Lipinski definition) is 3. The molecule has 1 aliphatic heterocycles. The minimum Gasteiger partial charge on any atom is -0.453 e. The summed E-state index contributed by atoms with van der Waals surface area (Å²) in [5, 5.41) is 0. The van der Waals surface area contributed by atoms with Crippen molar-refractivity contribution in [2.75, 3.05) is 26.8 Å². The van der Waals surface area contributed by atoms with Crippen LogP contribution in [0.25, 0.3) is 0 Å². The van der Waals surface area contributed by atoms with Gasteiger partial charge in [-0.2, -0.15) is 0 Å². The number of nitrogens with zero attached hydrogens (tertiary/aromatic N) is 1. The molecule has 0 atom stereocenters. The number of rotatable bonds is 2. The summed E-state index contributed by atoms with van der Waals surface area (Å²) in [5.41, 5.74) is -0.150. The number of carbonyl (C=O) groups is 1. The summed E-state index contributed by atoms with van der Waals surface area (Å²) in [6, 6.07) is 0. The molecule has 0 aromatic carbocycles. The van der Waals surface area contributed by atoms with Crippen molar-refractivity contribution < 1.29 is 14.3 Å². The number of ether oxygens (including phenoxy) is 2. The van der Waals surface area contributed by atoms with Gasteiger partial charge in [0.25, 0.3) is 0 Å². The van der Waals surface area contributed by atoms with Crippen LogP contribution in [0.2, 0.25) is 0 Å². The summed E-state index contributed by atoms with van der Waals surface area (Å²) in [5.74, 6) is 0. The zero-order valence-electron chi connectivity index (χ0n) is 7.79.